The molecule has 2 heteroatoms. The van der Waals surface area contributed by atoms with E-state index in [1.165, 1.54) is 30.5 Å². The summed E-state index contributed by atoms with van der Waals surface area (Å²) in [5.74, 6) is 0. The lowest BCUT2D eigenvalue weighted by Gasteiger charge is -2.09. The lowest BCUT2D eigenvalue weighted by atomic mass is 10.2. The van der Waals surface area contributed by atoms with E-state index in [2.05, 4.69) is 53.3 Å². The van der Waals surface area contributed by atoms with Crippen LogP contribution in [0.1, 0.15) is 31.7 Å². The van der Waals surface area contributed by atoms with Crippen LogP contribution in [0, 0.1) is 6.92 Å². The maximum atomic E-state index is 3.48. The predicted molar refractivity (Wildman–Crippen MR) is 66.9 cm³/mol. The van der Waals surface area contributed by atoms with Crippen LogP contribution in [0.25, 0.3) is 0 Å². The van der Waals surface area contributed by atoms with Crippen molar-refractivity contribution in [2.75, 3.05) is 11.9 Å². The summed E-state index contributed by atoms with van der Waals surface area (Å²) in [6, 6.07) is 6.35. The summed E-state index contributed by atoms with van der Waals surface area (Å²) < 4.78 is 1.14. The quantitative estimate of drug-likeness (QED) is 0.772. The number of anilines is 1. The van der Waals surface area contributed by atoms with Crippen molar-refractivity contribution in [1.29, 1.82) is 0 Å². The minimum Gasteiger partial charge on any atom is -0.385 e. The van der Waals surface area contributed by atoms with Gasteiger partial charge in [-0.05, 0) is 31.0 Å². The largest absolute Gasteiger partial charge is 0.385 e. The molecule has 1 aromatic rings. The number of rotatable bonds is 5. The van der Waals surface area contributed by atoms with Crippen LogP contribution in [-0.4, -0.2) is 6.54 Å². The standard InChI is InChI=1S/C12H18BrN/c1-3-4-5-8-14-12-9-11(13)7-6-10(12)2/h6-7,9,14H,3-5,8H2,1-2H3. The molecule has 0 bridgehead atoms. The molecule has 0 aliphatic carbocycles. The third-order valence-corrected chi connectivity index (χ3v) is 2.79. The Kier molecular flexibility index (Phi) is 5.02. The average molecular weight is 256 g/mol. The minimum atomic E-state index is 1.07. The van der Waals surface area contributed by atoms with Crippen molar-refractivity contribution in [1.82, 2.24) is 0 Å². The molecule has 1 aromatic carbocycles. The predicted octanol–water partition coefficient (Wildman–Crippen LogP) is 4.36. The molecular weight excluding hydrogens is 238 g/mol. The molecule has 0 aliphatic rings. The van der Waals surface area contributed by atoms with Gasteiger partial charge >= 0.3 is 0 Å². The van der Waals surface area contributed by atoms with Gasteiger partial charge in [-0.25, -0.2) is 0 Å². The molecule has 1 rings (SSSR count). The molecule has 1 nitrogen and oxygen atoms in total. The second-order valence-electron chi connectivity index (χ2n) is 3.59. The topological polar surface area (TPSA) is 12.0 Å². The first kappa shape index (κ1) is 11.6. The van der Waals surface area contributed by atoms with Crippen molar-refractivity contribution in [2.45, 2.75) is 33.1 Å². The Morgan fingerprint density at radius 2 is 2.07 bits per heavy atom. The summed E-state index contributed by atoms with van der Waals surface area (Å²) in [5, 5.41) is 3.46. The lowest BCUT2D eigenvalue weighted by Crippen LogP contribution is -2.02. The van der Waals surface area contributed by atoms with E-state index in [0.717, 1.165) is 11.0 Å². The first-order chi connectivity index (χ1) is 6.74. The molecular formula is C12H18BrN. The SMILES string of the molecule is CCCCCNc1cc(Br)ccc1C. The molecule has 0 saturated carbocycles. The van der Waals surface area contributed by atoms with E-state index < -0.39 is 0 Å². The monoisotopic (exact) mass is 255 g/mol. The number of aryl methyl sites for hydroxylation is 1. The highest BCUT2D eigenvalue weighted by atomic mass is 79.9. The van der Waals surface area contributed by atoms with Crippen LogP contribution in [0.15, 0.2) is 22.7 Å². The molecule has 78 valence electrons. The molecule has 14 heavy (non-hydrogen) atoms. The van der Waals surface area contributed by atoms with Gasteiger partial charge in [-0.15, -0.1) is 0 Å². The Balaban J connectivity index is 2.45. The van der Waals surface area contributed by atoms with Gasteiger partial charge in [0.15, 0.2) is 0 Å². The zero-order chi connectivity index (χ0) is 10.4. The highest BCUT2D eigenvalue weighted by Gasteiger charge is 1.97. The van der Waals surface area contributed by atoms with E-state index in [1.807, 2.05) is 0 Å². The highest BCUT2D eigenvalue weighted by Crippen LogP contribution is 2.20. The Labute approximate surface area is 95.0 Å². The molecule has 0 unspecified atom stereocenters. The first-order valence-electron chi connectivity index (χ1n) is 5.24. The number of hydrogen-bond acceptors (Lipinski definition) is 1. The number of hydrogen-bond donors (Lipinski definition) is 1. The van der Waals surface area contributed by atoms with Crippen LogP contribution >= 0.6 is 15.9 Å². The first-order valence-corrected chi connectivity index (χ1v) is 6.03. The van der Waals surface area contributed by atoms with E-state index in [1.54, 1.807) is 0 Å². The van der Waals surface area contributed by atoms with E-state index in [-0.39, 0.29) is 0 Å². The van der Waals surface area contributed by atoms with E-state index >= 15 is 0 Å². The van der Waals surface area contributed by atoms with Gasteiger partial charge in [-0.2, -0.15) is 0 Å². The van der Waals surface area contributed by atoms with Crippen molar-refractivity contribution >= 4 is 21.6 Å². The van der Waals surface area contributed by atoms with E-state index in [0.29, 0.717) is 0 Å². The summed E-state index contributed by atoms with van der Waals surface area (Å²) in [4.78, 5) is 0. The molecule has 0 aromatic heterocycles. The van der Waals surface area contributed by atoms with Crippen LogP contribution in [0.4, 0.5) is 5.69 Å². The summed E-state index contributed by atoms with van der Waals surface area (Å²) in [5.41, 5.74) is 2.56. The summed E-state index contributed by atoms with van der Waals surface area (Å²) >= 11 is 3.48. The molecule has 0 fully saturated rings. The van der Waals surface area contributed by atoms with Gasteiger partial charge in [0.1, 0.15) is 0 Å². The molecule has 1 N–H and O–H groups in total. The van der Waals surface area contributed by atoms with Crippen molar-refractivity contribution in [3.8, 4) is 0 Å². The van der Waals surface area contributed by atoms with Crippen molar-refractivity contribution < 1.29 is 0 Å². The lowest BCUT2D eigenvalue weighted by molar-refractivity contribution is 0.743. The maximum absolute atomic E-state index is 3.48. The van der Waals surface area contributed by atoms with Crippen LogP contribution < -0.4 is 5.32 Å². The summed E-state index contributed by atoms with van der Waals surface area (Å²) in [6.07, 6.45) is 3.83. The van der Waals surface area contributed by atoms with Gasteiger partial charge in [-0.3, -0.25) is 0 Å². The fraction of sp³-hybridized carbons (Fsp3) is 0.500. The van der Waals surface area contributed by atoms with Crippen molar-refractivity contribution in [3.05, 3.63) is 28.2 Å². The number of benzene rings is 1. The second kappa shape index (κ2) is 6.07. The van der Waals surface area contributed by atoms with Crippen molar-refractivity contribution in [3.63, 3.8) is 0 Å². The van der Waals surface area contributed by atoms with Gasteiger partial charge in [-0.1, -0.05) is 41.8 Å². The number of unbranched alkanes of at least 4 members (excludes halogenated alkanes) is 2. The second-order valence-corrected chi connectivity index (χ2v) is 4.51. The van der Waals surface area contributed by atoms with Crippen LogP contribution in [-0.2, 0) is 0 Å². The highest BCUT2D eigenvalue weighted by molar-refractivity contribution is 9.10. The van der Waals surface area contributed by atoms with Gasteiger partial charge in [0.2, 0.25) is 0 Å². The number of halogens is 1. The smallest absolute Gasteiger partial charge is 0.0381 e. The van der Waals surface area contributed by atoms with Gasteiger partial charge in [0.25, 0.3) is 0 Å². The fourth-order valence-electron chi connectivity index (χ4n) is 1.38. The van der Waals surface area contributed by atoms with Crippen LogP contribution in [0.5, 0.6) is 0 Å². The minimum absolute atomic E-state index is 1.07. The molecule has 0 heterocycles. The van der Waals surface area contributed by atoms with E-state index in [9.17, 15) is 0 Å². The number of nitrogens with one attached hydrogen (secondary N) is 1. The molecule has 0 atom stereocenters. The summed E-state index contributed by atoms with van der Waals surface area (Å²) in [6.45, 7) is 5.43. The Bertz CT molecular complexity index is 284. The molecule has 0 aliphatic heterocycles. The molecule has 0 spiro atoms. The fourth-order valence-corrected chi connectivity index (χ4v) is 1.74. The third kappa shape index (κ3) is 3.70. The molecule has 0 radical (unpaired) electrons. The zero-order valence-electron chi connectivity index (χ0n) is 8.94. The Hall–Kier alpha value is -0.500. The molecule has 0 amide bonds. The molecule has 0 saturated heterocycles. The summed E-state index contributed by atoms with van der Waals surface area (Å²) in [7, 11) is 0. The van der Waals surface area contributed by atoms with Crippen LogP contribution in [0.2, 0.25) is 0 Å². The van der Waals surface area contributed by atoms with E-state index in [4.69, 9.17) is 0 Å². The Morgan fingerprint density at radius 3 is 2.79 bits per heavy atom. The van der Waals surface area contributed by atoms with Gasteiger partial charge < -0.3 is 5.32 Å². The third-order valence-electron chi connectivity index (χ3n) is 2.30. The van der Waals surface area contributed by atoms with Gasteiger partial charge in [0.05, 0.1) is 0 Å². The maximum Gasteiger partial charge on any atom is 0.0381 e. The zero-order valence-corrected chi connectivity index (χ0v) is 10.5. The average Bonchev–Trinajstić information content (AvgIpc) is 2.18. The Morgan fingerprint density at radius 1 is 1.29 bits per heavy atom. The van der Waals surface area contributed by atoms with Crippen molar-refractivity contribution in [2.24, 2.45) is 0 Å². The van der Waals surface area contributed by atoms with Gasteiger partial charge in [0, 0.05) is 16.7 Å². The normalized spacial score (nSPS) is 10.2. The van der Waals surface area contributed by atoms with Crippen LogP contribution in [0.3, 0.4) is 0 Å².